The number of nitriles is 1. The van der Waals surface area contributed by atoms with Crippen molar-refractivity contribution in [1.29, 1.82) is 5.26 Å². The van der Waals surface area contributed by atoms with Crippen molar-refractivity contribution in [2.45, 2.75) is 68.5 Å². The summed E-state index contributed by atoms with van der Waals surface area (Å²) in [4.78, 5) is 3.79. The van der Waals surface area contributed by atoms with E-state index in [-0.39, 0.29) is 5.69 Å². The Morgan fingerprint density at radius 2 is 0.650 bits per heavy atom. The third kappa shape index (κ3) is 12.5. The molecule has 117 heavy (non-hydrogen) atoms. The zero-order valence-corrected chi connectivity index (χ0v) is 66.3. The van der Waals surface area contributed by atoms with Crippen LogP contribution in [0.4, 0.5) is 18.9 Å². The van der Waals surface area contributed by atoms with Crippen LogP contribution in [0.15, 0.2) is 315 Å². The third-order valence-corrected chi connectivity index (χ3v) is 23.5. The predicted octanol–water partition coefficient (Wildman–Crippen LogP) is 30.0. The summed E-state index contributed by atoms with van der Waals surface area (Å²) in [7, 11) is 0. The van der Waals surface area contributed by atoms with Gasteiger partial charge in [-0.05, 0) is 238 Å². The van der Waals surface area contributed by atoms with Gasteiger partial charge < -0.3 is 18.3 Å². The molecular weight excluding hydrogens is 1440 g/mol. The number of halogens is 3. The molecule has 9 heteroatoms. The van der Waals surface area contributed by atoms with E-state index in [9.17, 15) is 5.26 Å². The van der Waals surface area contributed by atoms with Gasteiger partial charge >= 0.3 is 6.18 Å². The lowest BCUT2D eigenvalue weighted by molar-refractivity contribution is -0.137. The topological polar surface area (TPSA) is 47.9 Å². The molecule has 0 N–H and O–H groups in total. The summed E-state index contributed by atoms with van der Waals surface area (Å²) in [6, 6.07) is 111. The molecular formula is C108H79F3N6. The Hall–Kier alpha value is -14.5. The zero-order valence-electron chi connectivity index (χ0n) is 66.3. The highest BCUT2D eigenvalue weighted by atomic mass is 19.4. The Kier molecular flexibility index (Phi) is 17.7. The molecule has 0 amide bonds. The molecule has 20 rings (SSSR count). The molecule has 0 aliphatic rings. The summed E-state index contributed by atoms with van der Waals surface area (Å²) in [5.74, 6) is 0. The zero-order chi connectivity index (χ0) is 80.4. The molecule has 0 saturated heterocycles. The van der Waals surface area contributed by atoms with Gasteiger partial charge in [-0.1, -0.05) is 240 Å². The first-order valence-electron chi connectivity index (χ1n) is 39.6. The molecule has 0 aliphatic heterocycles. The van der Waals surface area contributed by atoms with E-state index in [2.05, 4.69) is 305 Å². The monoisotopic (exact) mass is 1520 g/mol. The van der Waals surface area contributed by atoms with Gasteiger partial charge in [0.25, 0.3) is 0 Å². The fourth-order valence-electron chi connectivity index (χ4n) is 18.6. The number of hydrogen-bond donors (Lipinski definition) is 0. The summed E-state index contributed by atoms with van der Waals surface area (Å²) in [6.45, 7) is 27.3. The Labute approximate surface area is 677 Å². The average molecular weight is 1520 g/mol. The minimum atomic E-state index is -4.70. The number of fused-ring (bicyclic) bond motifs is 12. The Morgan fingerprint density at radius 3 is 1.09 bits per heavy atom. The number of alkyl halides is 3. The smallest absolute Gasteiger partial charge is 0.309 e. The van der Waals surface area contributed by atoms with Crippen LogP contribution in [0.3, 0.4) is 0 Å². The van der Waals surface area contributed by atoms with Crippen LogP contribution in [0.1, 0.15) is 61.2 Å². The number of hydrogen-bond acceptors (Lipinski definition) is 1. The number of aryl methyl sites for hydroxylation is 9. The second kappa shape index (κ2) is 28.5. The van der Waals surface area contributed by atoms with Gasteiger partial charge in [-0.15, -0.1) is 0 Å². The van der Waals surface area contributed by atoms with Gasteiger partial charge in [0.2, 0.25) is 0 Å². The van der Waals surface area contributed by atoms with E-state index in [1.54, 1.807) is 22.8 Å². The van der Waals surface area contributed by atoms with Crippen molar-refractivity contribution < 1.29 is 13.2 Å². The second-order valence-electron chi connectivity index (χ2n) is 31.6. The van der Waals surface area contributed by atoms with Gasteiger partial charge in [0.1, 0.15) is 0 Å². The number of nitrogens with zero attached hydrogens (tertiary/aromatic N) is 6. The van der Waals surface area contributed by atoms with E-state index in [0.29, 0.717) is 39.1 Å². The number of aromatic nitrogens is 4. The largest absolute Gasteiger partial charge is 0.418 e. The van der Waals surface area contributed by atoms with Crippen molar-refractivity contribution >= 4 is 92.9 Å². The predicted molar refractivity (Wildman–Crippen MR) is 481 cm³/mol. The summed E-state index contributed by atoms with van der Waals surface area (Å²) in [6.07, 6.45) is -4.70. The van der Waals surface area contributed by atoms with Crippen molar-refractivity contribution in [3.63, 3.8) is 0 Å². The van der Waals surface area contributed by atoms with E-state index >= 15 is 13.2 Å². The third-order valence-electron chi connectivity index (χ3n) is 23.5. The first kappa shape index (κ1) is 72.7. The summed E-state index contributed by atoms with van der Waals surface area (Å²) >= 11 is 0. The highest BCUT2D eigenvalue weighted by Gasteiger charge is 2.37. The molecule has 0 saturated carbocycles. The highest BCUT2D eigenvalue weighted by molar-refractivity contribution is 6.16. The summed E-state index contributed by atoms with van der Waals surface area (Å²) < 4.78 is 55.5. The SMILES string of the molecule is Cc1ccc(-c2ccc3c(c2)c2ccccc2n3-c2ccc(C#N)cc2-c2cccc(C)c2-n2c3ccccc3c3cc(-c4ccc(C)cc4C)ccc32)c(C)c1.[C-]#[N+]c1ccc(-n2c3ccccc3c3cc(-c4cc(C)cc(C)c4)ccc32)c(-c2cccc(C(F)(F)F)c2-n2c3ccccc3c3cc(-c4cc(C)cc(C)c4)ccc32)c1. The number of benzene rings is 16. The number of rotatable bonds is 10. The van der Waals surface area contributed by atoms with Crippen molar-refractivity contribution in [3.05, 3.63) is 388 Å². The van der Waals surface area contributed by atoms with Crippen LogP contribution in [0, 0.1) is 80.2 Å². The van der Waals surface area contributed by atoms with Crippen LogP contribution in [-0.2, 0) is 6.18 Å². The second-order valence-corrected chi connectivity index (χ2v) is 31.6. The van der Waals surface area contributed by atoms with Crippen LogP contribution >= 0.6 is 0 Å². The summed E-state index contributed by atoms with van der Waals surface area (Å²) in [5, 5.41) is 18.9. The molecule has 6 nitrogen and oxygen atoms in total. The molecule has 0 atom stereocenters. The fraction of sp³-hybridized carbons (Fsp3) is 0.0926. The quantitative estimate of drug-likeness (QED) is 0.126. The van der Waals surface area contributed by atoms with Crippen LogP contribution < -0.4 is 0 Å². The first-order valence-corrected chi connectivity index (χ1v) is 39.6. The van der Waals surface area contributed by atoms with Gasteiger partial charge in [0.15, 0.2) is 5.69 Å². The molecule has 0 fully saturated rings. The molecule has 16 aromatic carbocycles. The van der Waals surface area contributed by atoms with Crippen LogP contribution in [0.5, 0.6) is 0 Å². The van der Waals surface area contributed by atoms with Gasteiger partial charge in [-0.25, -0.2) is 4.85 Å². The van der Waals surface area contributed by atoms with E-state index in [4.69, 9.17) is 6.57 Å². The Balaban J connectivity index is 0.000000156. The van der Waals surface area contributed by atoms with Crippen molar-refractivity contribution in [3.8, 4) is 95.6 Å². The Bertz CT molecular complexity index is 7600. The van der Waals surface area contributed by atoms with Crippen LogP contribution in [0.2, 0.25) is 0 Å². The lowest BCUT2D eigenvalue weighted by atomic mass is 9.96. The summed E-state index contributed by atoms with van der Waals surface area (Å²) in [5.41, 5.74) is 33.7. The van der Waals surface area contributed by atoms with Crippen LogP contribution in [-0.4, -0.2) is 18.3 Å². The van der Waals surface area contributed by atoms with Gasteiger partial charge in [0, 0.05) is 59.8 Å². The van der Waals surface area contributed by atoms with Crippen molar-refractivity contribution in [1.82, 2.24) is 18.3 Å². The van der Waals surface area contributed by atoms with E-state index in [0.717, 1.165) is 122 Å². The van der Waals surface area contributed by atoms with E-state index in [1.807, 2.05) is 66.7 Å². The molecule has 4 aromatic heterocycles. The minimum Gasteiger partial charge on any atom is -0.309 e. The molecule has 20 aromatic rings. The minimum absolute atomic E-state index is 0.0107. The lowest BCUT2D eigenvalue weighted by Crippen LogP contribution is -2.12. The maximum atomic E-state index is 15.6. The highest BCUT2D eigenvalue weighted by Crippen LogP contribution is 2.50. The fourth-order valence-corrected chi connectivity index (χ4v) is 18.6. The van der Waals surface area contributed by atoms with Crippen molar-refractivity contribution in [2.75, 3.05) is 0 Å². The average Bonchev–Trinajstić information content (AvgIpc) is 1.63. The van der Waals surface area contributed by atoms with Gasteiger partial charge in [-0.3, -0.25) is 0 Å². The van der Waals surface area contributed by atoms with Crippen molar-refractivity contribution in [2.24, 2.45) is 0 Å². The number of para-hydroxylation sites is 6. The molecule has 0 unspecified atom stereocenters. The normalized spacial score (nSPS) is 11.7. The maximum Gasteiger partial charge on any atom is 0.418 e. The van der Waals surface area contributed by atoms with E-state index < -0.39 is 11.7 Å². The van der Waals surface area contributed by atoms with Gasteiger partial charge in [0.05, 0.1) is 90.7 Å². The lowest BCUT2D eigenvalue weighted by Gasteiger charge is -2.22. The first-order chi connectivity index (χ1) is 56.7. The molecule has 0 bridgehead atoms. The molecule has 0 spiro atoms. The maximum absolute atomic E-state index is 15.6. The molecule has 0 aliphatic carbocycles. The van der Waals surface area contributed by atoms with E-state index in [1.165, 1.54) is 83.2 Å². The van der Waals surface area contributed by atoms with Crippen LogP contribution in [0.25, 0.3) is 182 Å². The van der Waals surface area contributed by atoms with Gasteiger partial charge in [-0.2, -0.15) is 18.4 Å². The standard InChI is InChI=1S/C54H38F3N3.C54H41N3/c1-32-23-33(2)26-38(25-32)36-17-20-50-44(29-36)41-11-6-8-15-48(41)59(50)51-22-19-40(58-5)31-46(51)43-13-10-14-47(54(55,56)57)53(43)60-49-16-9-7-12-42(49)45-30-37(18-21-52(45)60)39-27-34(3)24-35(4)28-39;1-33-17-22-41(36(4)27-33)39-20-25-52-47(30-39)43-12-6-8-15-49(43)56(52)51-24-19-38(32-55)29-46(51)45-14-10-11-35(3)54(45)57-50-16-9-7-13-44(50)48-31-40(21-26-53(48)57)42-23-18-34(2)28-37(42)5/h6-31H,1-4H3;6-31H,1-5H3. The molecule has 562 valence electrons. The molecule has 0 radical (unpaired) electrons. The molecule has 4 heterocycles. The Morgan fingerprint density at radius 1 is 0.274 bits per heavy atom.